The van der Waals surface area contributed by atoms with Crippen molar-refractivity contribution < 1.29 is 9.18 Å². The fourth-order valence-electron chi connectivity index (χ4n) is 1.46. The highest BCUT2D eigenvalue weighted by Gasteiger charge is 2.16. The average Bonchev–Trinajstić information content (AvgIpc) is 2.62. The molecule has 2 aromatic rings. The fraction of sp³-hybridized carbons (Fsp3) is 0.0833. The van der Waals surface area contributed by atoms with E-state index in [-0.39, 0.29) is 17.2 Å². The molecule has 1 nitrogen and oxygen atoms in total. The van der Waals surface area contributed by atoms with Crippen LogP contribution < -0.4 is 0 Å². The minimum Gasteiger partial charge on any atom is -0.294 e. The van der Waals surface area contributed by atoms with E-state index >= 15 is 0 Å². The van der Waals surface area contributed by atoms with Gasteiger partial charge in [-0.05, 0) is 23.8 Å². The summed E-state index contributed by atoms with van der Waals surface area (Å²) in [7, 11) is 0. The highest BCUT2D eigenvalue weighted by Crippen LogP contribution is 2.32. The number of Topliss-reactive ketones (excluding diaryl/α,β-unsaturated/α-hetero) is 1. The molecule has 0 amide bonds. The Bertz CT molecular complexity index is 609. The van der Waals surface area contributed by atoms with Crippen LogP contribution in [0.5, 0.6) is 0 Å². The molecule has 0 fully saturated rings. The van der Waals surface area contributed by atoms with Crippen molar-refractivity contribution in [3.63, 3.8) is 0 Å². The monoisotopic (exact) mass is 322 g/mol. The summed E-state index contributed by atoms with van der Waals surface area (Å²) in [5.74, 6) is -0.635. The van der Waals surface area contributed by atoms with Gasteiger partial charge in [0.15, 0.2) is 5.78 Å². The molecule has 0 spiro atoms. The van der Waals surface area contributed by atoms with Crippen LogP contribution in [-0.4, -0.2) is 5.78 Å². The summed E-state index contributed by atoms with van der Waals surface area (Å²) >= 11 is 18.7. The van der Waals surface area contributed by atoms with Crippen LogP contribution in [-0.2, 0) is 6.42 Å². The maximum Gasteiger partial charge on any atom is 0.169 e. The number of carbonyl (C=O) groups excluding carboxylic acids is 1. The maximum absolute atomic E-state index is 12.9. The lowest BCUT2D eigenvalue weighted by Gasteiger charge is -2.03. The zero-order valence-corrected chi connectivity index (χ0v) is 11.9. The first kappa shape index (κ1) is 13.8. The van der Waals surface area contributed by atoms with Gasteiger partial charge in [-0.2, -0.15) is 0 Å². The summed E-state index contributed by atoms with van der Waals surface area (Å²) in [6, 6.07) is 5.44. The van der Waals surface area contributed by atoms with Crippen molar-refractivity contribution in [2.24, 2.45) is 0 Å². The van der Waals surface area contributed by atoms with Crippen molar-refractivity contribution in [3.8, 4) is 0 Å². The van der Waals surface area contributed by atoms with Gasteiger partial charge in [0.05, 0.1) is 4.34 Å². The van der Waals surface area contributed by atoms with E-state index in [2.05, 4.69) is 0 Å². The molecule has 1 aromatic heterocycles. The standard InChI is InChI=1S/C12H6Cl3FOS/c13-9-4-7(16)2-1-6(9)3-10(17)8-5-11(14)18-12(8)15/h1-2,4-5H,3H2. The second kappa shape index (κ2) is 5.57. The first-order valence-corrected chi connectivity index (χ1v) is 6.84. The van der Waals surface area contributed by atoms with Crippen molar-refractivity contribution in [1.29, 1.82) is 0 Å². The summed E-state index contributed by atoms with van der Waals surface area (Å²) < 4.78 is 13.7. The normalized spacial score (nSPS) is 10.7. The number of benzene rings is 1. The lowest BCUT2D eigenvalue weighted by Crippen LogP contribution is -2.03. The van der Waals surface area contributed by atoms with Gasteiger partial charge in [0.2, 0.25) is 0 Å². The number of thiophene rings is 1. The third kappa shape index (κ3) is 3.04. The first-order valence-electron chi connectivity index (χ1n) is 4.89. The molecule has 0 aliphatic rings. The number of carbonyl (C=O) groups is 1. The number of hydrogen-bond acceptors (Lipinski definition) is 2. The van der Waals surface area contributed by atoms with Crippen LogP contribution in [0, 0.1) is 5.82 Å². The topological polar surface area (TPSA) is 17.1 Å². The lowest BCUT2D eigenvalue weighted by molar-refractivity contribution is 0.0993. The molecule has 0 aliphatic carbocycles. The van der Waals surface area contributed by atoms with Crippen molar-refractivity contribution in [2.75, 3.05) is 0 Å². The van der Waals surface area contributed by atoms with Crippen LogP contribution >= 0.6 is 46.1 Å². The molecule has 0 saturated carbocycles. The van der Waals surface area contributed by atoms with Crippen molar-refractivity contribution in [2.45, 2.75) is 6.42 Å². The molecule has 0 unspecified atom stereocenters. The molecule has 0 atom stereocenters. The predicted octanol–water partition coefficient (Wildman–Crippen LogP) is 5.27. The molecular weight excluding hydrogens is 318 g/mol. The highest BCUT2D eigenvalue weighted by molar-refractivity contribution is 7.20. The molecule has 1 heterocycles. The van der Waals surface area contributed by atoms with E-state index in [1.165, 1.54) is 24.3 Å². The molecule has 0 bridgehead atoms. The number of hydrogen-bond donors (Lipinski definition) is 0. The Morgan fingerprint density at radius 3 is 2.50 bits per heavy atom. The lowest BCUT2D eigenvalue weighted by atomic mass is 10.1. The quantitative estimate of drug-likeness (QED) is 0.703. The Morgan fingerprint density at radius 1 is 1.22 bits per heavy atom. The number of halogens is 4. The van der Waals surface area contributed by atoms with E-state index in [4.69, 9.17) is 34.8 Å². The van der Waals surface area contributed by atoms with Gasteiger partial charge >= 0.3 is 0 Å². The summed E-state index contributed by atoms with van der Waals surface area (Å²) in [4.78, 5) is 12.0. The third-order valence-corrected chi connectivity index (χ3v) is 4.16. The first-order chi connectivity index (χ1) is 8.47. The maximum atomic E-state index is 12.9. The number of ketones is 1. The Hall–Kier alpha value is -0.610. The van der Waals surface area contributed by atoms with Crippen LogP contribution in [0.3, 0.4) is 0 Å². The number of rotatable bonds is 3. The largest absolute Gasteiger partial charge is 0.294 e. The van der Waals surface area contributed by atoms with Crippen LogP contribution in [0.4, 0.5) is 4.39 Å². The van der Waals surface area contributed by atoms with Gasteiger partial charge in [-0.25, -0.2) is 4.39 Å². The van der Waals surface area contributed by atoms with Gasteiger partial charge in [-0.15, -0.1) is 11.3 Å². The van der Waals surface area contributed by atoms with Crippen LogP contribution in [0.1, 0.15) is 15.9 Å². The van der Waals surface area contributed by atoms with Crippen LogP contribution in [0.15, 0.2) is 24.3 Å². The van der Waals surface area contributed by atoms with E-state index < -0.39 is 5.82 Å². The van der Waals surface area contributed by atoms with Gasteiger partial charge in [0.1, 0.15) is 10.2 Å². The van der Waals surface area contributed by atoms with Crippen LogP contribution in [0.25, 0.3) is 0 Å². The van der Waals surface area contributed by atoms with E-state index in [9.17, 15) is 9.18 Å². The molecule has 0 radical (unpaired) electrons. The van der Waals surface area contributed by atoms with Crippen molar-refractivity contribution in [1.82, 2.24) is 0 Å². The predicted molar refractivity (Wildman–Crippen MR) is 73.8 cm³/mol. The van der Waals surface area contributed by atoms with E-state index in [0.29, 0.717) is 19.8 Å². The summed E-state index contributed by atoms with van der Waals surface area (Å²) in [5, 5.41) is 0.223. The third-order valence-electron chi connectivity index (χ3n) is 2.32. The van der Waals surface area contributed by atoms with Gasteiger partial charge in [-0.1, -0.05) is 40.9 Å². The van der Waals surface area contributed by atoms with Gasteiger partial charge < -0.3 is 0 Å². The molecule has 2 rings (SSSR count). The Morgan fingerprint density at radius 2 is 1.94 bits per heavy atom. The van der Waals surface area contributed by atoms with E-state index in [0.717, 1.165) is 11.3 Å². The molecule has 1 aromatic carbocycles. The Balaban J connectivity index is 2.24. The Kier molecular flexibility index (Phi) is 4.28. The fourth-order valence-corrected chi connectivity index (χ4v) is 3.20. The van der Waals surface area contributed by atoms with Crippen molar-refractivity contribution in [3.05, 3.63) is 54.9 Å². The molecule has 0 saturated heterocycles. The highest BCUT2D eigenvalue weighted by atomic mass is 35.5. The van der Waals surface area contributed by atoms with Crippen molar-refractivity contribution >= 4 is 51.9 Å². The smallest absolute Gasteiger partial charge is 0.169 e. The van der Waals surface area contributed by atoms with E-state index in [1.54, 1.807) is 0 Å². The minimum atomic E-state index is -0.437. The molecule has 0 N–H and O–H groups in total. The zero-order chi connectivity index (χ0) is 13.3. The molecule has 6 heteroatoms. The zero-order valence-electron chi connectivity index (χ0n) is 8.84. The Labute approximate surface area is 122 Å². The van der Waals surface area contributed by atoms with Gasteiger partial charge in [-0.3, -0.25) is 4.79 Å². The second-order valence-corrected chi connectivity index (χ2v) is 6.27. The molecule has 18 heavy (non-hydrogen) atoms. The second-order valence-electron chi connectivity index (χ2n) is 3.57. The van der Waals surface area contributed by atoms with E-state index in [1.807, 2.05) is 0 Å². The SMILES string of the molecule is O=C(Cc1ccc(F)cc1Cl)c1cc(Cl)sc1Cl. The summed E-state index contributed by atoms with van der Waals surface area (Å²) in [6.45, 7) is 0. The summed E-state index contributed by atoms with van der Waals surface area (Å²) in [5.41, 5.74) is 0.925. The summed E-state index contributed by atoms with van der Waals surface area (Å²) in [6.07, 6.45) is 0.0614. The molecular formula is C12H6Cl3FOS. The van der Waals surface area contributed by atoms with Crippen LogP contribution in [0.2, 0.25) is 13.7 Å². The molecule has 94 valence electrons. The average molecular weight is 324 g/mol. The molecule has 0 aliphatic heterocycles. The van der Waals surface area contributed by atoms with Gasteiger partial charge in [0, 0.05) is 17.0 Å². The minimum absolute atomic E-state index is 0.0614. The van der Waals surface area contributed by atoms with Gasteiger partial charge in [0.25, 0.3) is 0 Å².